The zero-order chi connectivity index (χ0) is 9.42. The van der Waals surface area contributed by atoms with Crippen molar-refractivity contribution in [1.82, 2.24) is 9.97 Å². The monoisotopic (exact) mass is 198 g/mol. The maximum Gasteiger partial charge on any atom is 0.246 e. The summed E-state index contributed by atoms with van der Waals surface area (Å²) in [5.74, 6) is 0.427. The van der Waals surface area contributed by atoms with Crippen LogP contribution in [0.5, 0.6) is 0 Å². The maximum absolute atomic E-state index is 11.2. The van der Waals surface area contributed by atoms with Crippen LogP contribution >= 0.6 is 11.6 Å². The minimum absolute atomic E-state index is 0.135. The number of hydrogen-bond acceptors (Lipinski definition) is 4. The Morgan fingerprint density at radius 3 is 3.08 bits per heavy atom. The molecule has 2 N–H and O–H groups in total. The number of rotatable bonds is 0. The Hall–Kier alpha value is -1.36. The molecule has 6 heteroatoms. The van der Waals surface area contributed by atoms with Gasteiger partial charge in [0.1, 0.15) is 18.1 Å². The molecule has 0 unspecified atom stereocenters. The van der Waals surface area contributed by atoms with Crippen LogP contribution in [-0.4, -0.2) is 21.9 Å². The zero-order valence-corrected chi connectivity index (χ0v) is 7.59. The second kappa shape index (κ2) is 2.85. The van der Waals surface area contributed by atoms with E-state index < -0.39 is 0 Å². The van der Waals surface area contributed by atoms with Crippen molar-refractivity contribution in [2.45, 2.75) is 13.0 Å². The van der Waals surface area contributed by atoms with Crippen LogP contribution in [0.2, 0.25) is 5.15 Å². The van der Waals surface area contributed by atoms with Gasteiger partial charge >= 0.3 is 0 Å². The lowest BCUT2D eigenvalue weighted by molar-refractivity contribution is -0.116. The maximum atomic E-state index is 11.2. The van der Waals surface area contributed by atoms with Gasteiger partial charge in [-0.25, -0.2) is 9.97 Å². The summed E-state index contributed by atoms with van der Waals surface area (Å²) in [4.78, 5) is 18.9. The molecule has 2 rings (SSSR count). The second-order valence-electron chi connectivity index (χ2n) is 2.74. The molecule has 13 heavy (non-hydrogen) atoms. The average molecular weight is 199 g/mol. The molecule has 2 heterocycles. The van der Waals surface area contributed by atoms with Crippen LogP contribution in [-0.2, 0) is 4.79 Å². The van der Waals surface area contributed by atoms with E-state index in [1.54, 1.807) is 6.92 Å². The Morgan fingerprint density at radius 1 is 1.54 bits per heavy atom. The quantitative estimate of drug-likeness (QED) is 0.608. The van der Waals surface area contributed by atoms with E-state index in [-0.39, 0.29) is 17.1 Å². The number of fused-ring (bicyclic) bond motifs is 1. The first-order valence-corrected chi connectivity index (χ1v) is 4.14. The summed E-state index contributed by atoms with van der Waals surface area (Å²) in [6.07, 6.45) is 1.35. The highest BCUT2D eigenvalue weighted by atomic mass is 35.5. The van der Waals surface area contributed by atoms with Crippen LogP contribution in [0.3, 0.4) is 0 Å². The lowest BCUT2D eigenvalue weighted by atomic mass is 10.2. The lowest BCUT2D eigenvalue weighted by Gasteiger charge is -2.22. The largest absolute Gasteiger partial charge is 0.357 e. The summed E-state index contributed by atoms with van der Waals surface area (Å²) >= 11 is 5.75. The van der Waals surface area contributed by atoms with Crippen molar-refractivity contribution in [3.8, 4) is 0 Å². The van der Waals surface area contributed by atoms with E-state index in [9.17, 15) is 4.79 Å². The first-order chi connectivity index (χ1) is 6.18. The summed E-state index contributed by atoms with van der Waals surface area (Å²) in [5.41, 5.74) is 0.451. The number of amides is 1. The predicted molar refractivity (Wildman–Crippen MR) is 48.8 cm³/mol. The van der Waals surface area contributed by atoms with E-state index in [2.05, 4.69) is 20.6 Å². The summed E-state index contributed by atoms with van der Waals surface area (Å²) in [5, 5.41) is 5.77. The molecule has 1 atom stereocenters. The lowest BCUT2D eigenvalue weighted by Crippen LogP contribution is -2.37. The van der Waals surface area contributed by atoms with Gasteiger partial charge in [0, 0.05) is 0 Å². The molecule has 1 aromatic heterocycles. The molecule has 0 bridgehead atoms. The van der Waals surface area contributed by atoms with E-state index >= 15 is 0 Å². The summed E-state index contributed by atoms with van der Waals surface area (Å²) < 4.78 is 0. The molecular formula is C7H7ClN4O. The molecule has 0 radical (unpaired) electrons. The number of anilines is 2. The van der Waals surface area contributed by atoms with Crippen molar-refractivity contribution in [2.24, 2.45) is 0 Å². The van der Waals surface area contributed by atoms with E-state index in [0.29, 0.717) is 11.5 Å². The third-order valence-corrected chi connectivity index (χ3v) is 2.08. The van der Waals surface area contributed by atoms with Gasteiger partial charge in [-0.1, -0.05) is 11.6 Å². The highest BCUT2D eigenvalue weighted by Gasteiger charge is 2.24. The average Bonchev–Trinajstić information content (AvgIpc) is 2.09. The van der Waals surface area contributed by atoms with Crippen LogP contribution in [0.25, 0.3) is 0 Å². The Bertz CT molecular complexity index is 368. The molecule has 1 aromatic rings. The van der Waals surface area contributed by atoms with Crippen molar-refractivity contribution in [2.75, 3.05) is 10.6 Å². The van der Waals surface area contributed by atoms with Gasteiger partial charge in [0.2, 0.25) is 5.91 Å². The number of halogens is 1. The summed E-state index contributed by atoms with van der Waals surface area (Å²) in [7, 11) is 0. The first-order valence-electron chi connectivity index (χ1n) is 3.76. The molecule has 68 valence electrons. The van der Waals surface area contributed by atoms with Crippen LogP contribution in [0.1, 0.15) is 6.92 Å². The SMILES string of the molecule is C[C@@H]1Nc2ncnc(Cl)c2NC1=O. The summed E-state index contributed by atoms with van der Waals surface area (Å²) in [6.45, 7) is 1.74. The van der Waals surface area contributed by atoms with Crippen LogP contribution in [0, 0.1) is 0 Å². The fraction of sp³-hybridized carbons (Fsp3) is 0.286. The second-order valence-corrected chi connectivity index (χ2v) is 3.10. The van der Waals surface area contributed by atoms with E-state index in [4.69, 9.17) is 11.6 Å². The number of carbonyl (C=O) groups excluding carboxylic acids is 1. The van der Waals surface area contributed by atoms with Crippen molar-refractivity contribution in [3.63, 3.8) is 0 Å². The fourth-order valence-electron chi connectivity index (χ4n) is 1.09. The minimum atomic E-state index is -0.293. The molecule has 0 saturated carbocycles. The molecule has 1 aliphatic heterocycles. The normalized spacial score (nSPS) is 20.2. The Balaban J connectivity index is 2.48. The standard InChI is InChI=1S/C7H7ClN4O/c1-3-7(13)12-4-5(8)9-2-10-6(4)11-3/h2-3H,1H3,(H,12,13)(H,9,10,11)/t3-/m0/s1. The molecule has 0 fully saturated rings. The van der Waals surface area contributed by atoms with Crippen molar-refractivity contribution in [1.29, 1.82) is 0 Å². The number of aromatic nitrogens is 2. The van der Waals surface area contributed by atoms with Gasteiger partial charge in [0.25, 0.3) is 0 Å². The molecule has 0 aliphatic carbocycles. The Morgan fingerprint density at radius 2 is 2.31 bits per heavy atom. The van der Waals surface area contributed by atoms with Gasteiger partial charge in [0.15, 0.2) is 11.0 Å². The first kappa shape index (κ1) is 8.25. The molecule has 5 nitrogen and oxygen atoms in total. The van der Waals surface area contributed by atoms with Gasteiger partial charge in [-0.15, -0.1) is 0 Å². The van der Waals surface area contributed by atoms with Crippen molar-refractivity contribution in [3.05, 3.63) is 11.5 Å². The molecule has 0 saturated heterocycles. The summed E-state index contributed by atoms with van der Waals surface area (Å²) in [6, 6.07) is -0.293. The Labute approximate surface area is 79.5 Å². The van der Waals surface area contributed by atoms with E-state index in [1.165, 1.54) is 6.33 Å². The van der Waals surface area contributed by atoms with Crippen LogP contribution in [0.15, 0.2) is 6.33 Å². The Kier molecular flexibility index (Phi) is 1.81. The molecular weight excluding hydrogens is 192 g/mol. The van der Waals surface area contributed by atoms with Gasteiger partial charge in [0.05, 0.1) is 0 Å². The van der Waals surface area contributed by atoms with Crippen molar-refractivity contribution >= 4 is 29.0 Å². The smallest absolute Gasteiger partial charge is 0.246 e. The predicted octanol–water partition coefficient (Wildman–Crippen LogP) is 0.882. The third kappa shape index (κ3) is 1.31. The van der Waals surface area contributed by atoms with E-state index in [1.807, 2.05) is 0 Å². The van der Waals surface area contributed by atoms with Gasteiger partial charge in [-0.3, -0.25) is 4.79 Å². The number of carbonyl (C=O) groups is 1. The fourth-order valence-corrected chi connectivity index (χ4v) is 1.27. The minimum Gasteiger partial charge on any atom is -0.357 e. The van der Waals surface area contributed by atoms with E-state index in [0.717, 1.165) is 0 Å². The highest BCUT2D eigenvalue weighted by molar-refractivity contribution is 6.33. The van der Waals surface area contributed by atoms with Gasteiger partial charge < -0.3 is 10.6 Å². The third-order valence-electron chi connectivity index (χ3n) is 1.80. The highest BCUT2D eigenvalue weighted by Crippen LogP contribution is 2.29. The molecule has 1 aliphatic rings. The van der Waals surface area contributed by atoms with Gasteiger partial charge in [-0.2, -0.15) is 0 Å². The molecule has 1 amide bonds. The van der Waals surface area contributed by atoms with Crippen LogP contribution in [0.4, 0.5) is 11.5 Å². The van der Waals surface area contributed by atoms with Gasteiger partial charge in [-0.05, 0) is 6.92 Å². The topological polar surface area (TPSA) is 66.9 Å². The number of hydrogen-bond donors (Lipinski definition) is 2. The molecule has 0 spiro atoms. The van der Waals surface area contributed by atoms with Crippen molar-refractivity contribution < 1.29 is 4.79 Å². The van der Waals surface area contributed by atoms with Crippen LogP contribution < -0.4 is 10.6 Å². The number of nitrogens with one attached hydrogen (secondary N) is 2. The number of nitrogens with zero attached hydrogens (tertiary/aromatic N) is 2. The molecule has 0 aromatic carbocycles. The zero-order valence-electron chi connectivity index (χ0n) is 6.84.